The molecule has 0 aliphatic rings. The summed E-state index contributed by atoms with van der Waals surface area (Å²) in [6.07, 6.45) is -0.338. The number of nitrogens with zero attached hydrogens (tertiary/aromatic N) is 1. The van der Waals surface area contributed by atoms with E-state index in [1.807, 2.05) is 50.2 Å². The van der Waals surface area contributed by atoms with Gasteiger partial charge in [-0.2, -0.15) is 0 Å². The Kier molecular flexibility index (Phi) is 6.72. The van der Waals surface area contributed by atoms with Gasteiger partial charge in [-0.25, -0.2) is 0 Å². The number of nitrogens with one attached hydrogen (secondary N) is 1. The summed E-state index contributed by atoms with van der Waals surface area (Å²) in [7, 11) is 3.91. The first kappa shape index (κ1) is 15.0. The summed E-state index contributed by atoms with van der Waals surface area (Å²) in [4.78, 5) is 1.97. The summed E-state index contributed by atoms with van der Waals surface area (Å²) in [5, 5.41) is 13.0. The van der Waals surface area contributed by atoms with Crippen molar-refractivity contribution >= 4 is 0 Å². The van der Waals surface area contributed by atoms with Crippen LogP contribution >= 0.6 is 0 Å². The number of likely N-dealkylation sites (N-methyl/N-ethyl adjacent to an activating group) is 1. The lowest BCUT2D eigenvalue weighted by Gasteiger charge is -2.16. The van der Waals surface area contributed by atoms with Gasteiger partial charge >= 0.3 is 0 Å². The highest BCUT2D eigenvalue weighted by Gasteiger charge is 2.04. The van der Waals surface area contributed by atoms with Gasteiger partial charge in [-0.15, -0.1) is 0 Å². The van der Waals surface area contributed by atoms with Crippen molar-refractivity contribution in [2.45, 2.75) is 19.6 Å². The molecule has 0 radical (unpaired) electrons. The maximum atomic E-state index is 9.71. The summed E-state index contributed by atoms with van der Waals surface area (Å²) in [5.74, 6) is 0.894. The highest BCUT2D eigenvalue weighted by molar-refractivity contribution is 5.28. The minimum Gasteiger partial charge on any atom is -0.494 e. The molecule has 1 unspecified atom stereocenters. The van der Waals surface area contributed by atoms with Gasteiger partial charge in [0.25, 0.3) is 0 Å². The quantitative estimate of drug-likeness (QED) is 0.727. The first-order chi connectivity index (χ1) is 8.61. The number of benzene rings is 1. The first-order valence-electron chi connectivity index (χ1n) is 6.37. The molecule has 0 bridgehead atoms. The minimum absolute atomic E-state index is 0.338. The third-order valence-electron chi connectivity index (χ3n) is 2.49. The van der Waals surface area contributed by atoms with Crippen molar-refractivity contribution in [3.63, 3.8) is 0 Å². The van der Waals surface area contributed by atoms with E-state index in [2.05, 4.69) is 5.32 Å². The fourth-order valence-corrected chi connectivity index (χ4v) is 1.78. The second-order valence-electron chi connectivity index (χ2n) is 4.63. The lowest BCUT2D eigenvalue weighted by atomic mass is 10.2. The van der Waals surface area contributed by atoms with Crippen LogP contribution < -0.4 is 10.1 Å². The number of ether oxygens (including phenoxy) is 1. The van der Waals surface area contributed by atoms with Crippen LogP contribution in [0.3, 0.4) is 0 Å². The van der Waals surface area contributed by atoms with E-state index in [1.165, 1.54) is 0 Å². The van der Waals surface area contributed by atoms with E-state index in [0.717, 1.165) is 17.9 Å². The largest absolute Gasteiger partial charge is 0.494 e. The Hall–Kier alpha value is -1.10. The lowest BCUT2D eigenvalue weighted by molar-refractivity contribution is 0.134. The Bertz CT molecular complexity index is 342. The van der Waals surface area contributed by atoms with E-state index in [4.69, 9.17) is 4.74 Å². The van der Waals surface area contributed by atoms with Crippen molar-refractivity contribution in [3.8, 4) is 5.75 Å². The molecule has 0 saturated heterocycles. The van der Waals surface area contributed by atoms with Gasteiger partial charge in [0.1, 0.15) is 5.75 Å². The summed E-state index contributed by atoms with van der Waals surface area (Å²) in [6, 6.07) is 8.01. The van der Waals surface area contributed by atoms with Crippen LogP contribution in [0.25, 0.3) is 0 Å². The molecule has 0 spiro atoms. The highest BCUT2D eigenvalue weighted by Crippen LogP contribution is 2.12. The van der Waals surface area contributed by atoms with Gasteiger partial charge in [0.2, 0.25) is 0 Å². The first-order valence-corrected chi connectivity index (χ1v) is 6.37. The van der Waals surface area contributed by atoms with E-state index < -0.39 is 0 Å². The molecular formula is C14H24N2O2. The second kappa shape index (κ2) is 8.08. The van der Waals surface area contributed by atoms with Gasteiger partial charge in [0.15, 0.2) is 0 Å². The number of aliphatic hydroxyl groups excluding tert-OH is 1. The molecule has 4 heteroatoms. The van der Waals surface area contributed by atoms with Gasteiger partial charge in [0, 0.05) is 19.6 Å². The van der Waals surface area contributed by atoms with E-state index in [-0.39, 0.29) is 6.10 Å². The van der Waals surface area contributed by atoms with Crippen LogP contribution in [0.4, 0.5) is 0 Å². The standard InChI is InChI=1S/C14H24N2O2/c1-4-18-14-7-5-6-12(8-14)9-15-10-13(17)11-16(2)3/h5-8,13,15,17H,4,9-11H2,1-3H3. The zero-order chi connectivity index (χ0) is 13.4. The average molecular weight is 252 g/mol. The molecule has 2 N–H and O–H groups in total. The number of hydrogen-bond acceptors (Lipinski definition) is 4. The zero-order valence-corrected chi connectivity index (χ0v) is 11.5. The lowest BCUT2D eigenvalue weighted by Crippen LogP contribution is -2.34. The molecule has 1 rings (SSSR count). The molecule has 0 amide bonds. The molecule has 102 valence electrons. The highest BCUT2D eigenvalue weighted by atomic mass is 16.5. The van der Waals surface area contributed by atoms with Crippen LogP contribution in [0.2, 0.25) is 0 Å². The van der Waals surface area contributed by atoms with Crippen LogP contribution in [0.1, 0.15) is 12.5 Å². The molecule has 1 atom stereocenters. The van der Waals surface area contributed by atoms with Crippen molar-refractivity contribution in [1.82, 2.24) is 10.2 Å². The Morgan fingerprint density at radius 1 is 1.39 bits per heavy atom. The minimum atomic E-state index is -0.338. The number of rotatable bonds is 8. The maximum Gasteiger partial charge on any atom is 0.119 e. The molecule has 0 saturated carbocycles. The normalized spacial score (nSPS) is 12.7. The molecule has 0 heterocycles. The molecule has 0 fully saturated rings. The summed E-state index contributed by atoms with van der Waals surface area (Å²) < 4.78 is 5.44. The van der Waals surface area contributed by atoms with Gasteiger partial charge in [-0.1, -0.05) is 12.1 Å². The summed E-state index contributed by atoms with van der Waals surface area (Å²) in [6.45, 7) is 4.66. The van der Waals surface area contributed by atoms with Crippen LogP contribution in [-0.2, 0) is 6.54 Å². The van der Waals surface area contributed by atoms with E-state index in [9.17, 15) is 5.11 Å². The fourth-order valence-electron chi connectivity index (χ4n) is 1.78. The van der Waals surface area contributed by atoms with Crippen LogP contribution in [-0.4, -0.2) is 49.9 Å². The third kappa shape index (κ3) is 6.00. The SMILES string of the molecule is CCOc1cccc(CNCC(O)CN(C)C)c1. The predicted molar refractivity (Wildman–Crippen MR) is 73.9 cm³/mol. The van der Waals surface area contributed by atoms with E-state index in [1.54, 1.807) is 0 Å². The van der Waals surface area contributed by atoms with Crippen molar-refractivity contribution in [2.24, 2.45) is 0 Å². The van der Waals surface area contributed by atoms with Crippen LogP contribution in [0.5, 0.6) is 5.75 Å². The number of aliphatic hydroxyl groups is 1. The number of hydrogen-bond donors (Lipinski definition) is 2. The van der Waals surface area contributed by atoms with E-state index in [0.29, 0.717) is 19.7 Å². The molecular weight excluding hydrogens is 228 g/mol. The predicted octanol–water partition coefficient (Wildman–Crippen LogP) is 1.10. The van der Waals surface area contributed by atoms with Gasteiger partial charge in [-0.3, -0.25) is 0 Å². The smallest absolute Gasteiger partial charge is 0.119 e. The van der Waals surface area contributed by atoms with Gasteiger partial charge in [-0.05, 0) is 38.7 Å². The van der Waals surface area contributed by atoms with Gasteiger partial charge < -0.3 is 20.1 Å². The van der Waals surface area contributed by atoms with Crippen molar-refractivity contribution in [3.05, 3.63) is 29.8 Å². The zero-order valence-electron chi connectivity index (χ0n) is 11.5. The van der Waals surface area contributed by atoms with Crippen LogP contribution in [0.15, 0.2) is 24.3 Å². The molecule has 18 heavy (non-hydrogen) atoms. The molecule has 4 nitrogen and oxygen atoms in total. The molecule has 0 aliphatic heterocycles. The molecule has 0 aliphatic carbocycles. The molecule has 0 aromatic heterocycles. The molecule has 1 aromatic carbocycles. The van der Waals surface area contributed by atoms with E-state index >= 15 is 0 Å². The maximum absolute atomic E-state index is 9.71. The average Bonchev–Trinajstić information content (AvgIpc) is 2.29. The van der Waals surface area contributed by atoms with Crippen molar-refractivity contribution < 1.29 is 9.84 Å². The monoisotopic (exact) mass is 252 g/mol. The third-order valence-corrected chi connectivity index (χ3v) is 2.49. The van der Waals surface area contributed by atoms with Crippen molar-refractivity contribution in [1.29, 1.82) is 0 Å². The fraction of sp³-hybridized carbons (Fsp3) is 0.571. The summed E-state index contributed by atoms with van der Waals surface area (Å²) in [5.41, 5.74) is 1.16. The Balaban J connectivity index is 2.32. The molecule has 1 aromatic rings. The van der Waals surface area contributed by atoms with Crippen LogP contribution in [0, 0.1) is 0 Å². The Labute approximate surface area is 110 Å². The van der Waals surface area contributed by atoms with Crippen molar-refractivity contribution in [2.75, 3.05) is 33.8 Å². The summed E-state index contributed by atoms with van der Waals surface area (Å²) >= 11 is 0. The van der Waals surface area contributed by atoms with Gasteiger partial charge in [0.05, 0.1) is 12.7 Å². The Morgan fingerprint density at radius 3 is 2.83 bits per heavy atom. The second-order valence-corrected chi connectivity index (χ2v) is 4.63. The topological polar surface area (TPSA) is 44.7 Å². The Morgan fingerprint density at radius 2 is 2.17 bits per heavy atom.